The van der Waals surface area contributed by atoms with Crippen molar-refractivity contribution in [1.82, 2.24) is 5.32 Å². The molecule has 3 N–H and O–H groups in total. The molecule has 4 nitrogen and oxygen atoms in total. The number of benzene rings is 1. The van der Waals surface area contributed by atoms with E-state index in [0.29, 0.717) is 12.2 Å². The summed E-state index contributed by atoms with van der Waals surface area (Å²) in [7, 11) is 1.86. The number of carbonyl (C=O) groups is 1. The van der Waals surface area contributed by atoms with Gasteiger partial charge in [0, 0.05) is 17.6 Å². The number of carbonyl (C=O) groups excluding carboxylic acids is 1. The number of nitrogen functional groups attached to an aromatic ring is 1. The van der Waals surface area contributed by atoms with Gasteiger partial charge in [-0.1, -0.05) is 29.3 Å². The van der Waals surface area contributed by atoms with E-state index in [1.54, 1.807) is 0 Å². The number of nitrogens with one attached hydrogen (secondary N) is 1. The molecule has 0 aliphatic carbocycles. The molecule has 0 aliphatic rings. The van der Waals surface area contributed by atoms with Crippen molar-refractivity contribution >= 4 is 33.2 Å². The zero-order valence-corrected chi connectivity index (χ0v) is 13.3. The van der Waals surface area contributed by atoms with Crippen LogP contribution in [0.3, 0.4) is 0 Å². The predicted molar refractivity (Wildman–Crippen MR) is 84.3 cm³/mol. The van der Waals surface area contributed by atoms with E-state index in [4.69, 9.17) is 5.73 Å². The molecule has 0 bridgehead atoms. The Hall–Kier alpha value is -1.23. The van der Waals surface area contributed by atoms with Crippen molar-refractivity contribution in [1.29, 1.82) is 0 Å². The number of hydrogen-bond acceptors (Lipinski definition) is 3. The van der Waals surface area contributed by atoms with Crippen molar-refractivity contribution in [3.63, 3.8) is 0 Å². The standard InChI is InChI=1S/C14H22BrN3O/c1-4-5-10(2)17-14(19)9-18(3)13-7-6-11(15)8-12(13)16/h6-8,10H,4-5,9,16H2,1-3H3,(H,17,19). The van der Waals surface area contributed by atoms with Gasteiger partial charge in [-0.3, -0.25) is 4.79 Å². The summed E-state index contributed by atoms with van der Waals surface area (Å²) in [4.78, 5) is 13.7. The zero-order valence-electron chi connectivity index (χ0n) is 11.7. The highest BCUT2D eigenvalue weighted by Gasteiger charge is 2.12. The molecule has 1 atom stereocenters. The zero-order chi connectivity index (χ0) is 14.4. The van der Waals surface area contributed by atoms with Gasteiger partial charge < -0.3 is 16.0 Å². The van der Waals surface area contributed by atoms with Crippen LogP contribution in [0.25, 0.3) is 0 Å². The van der Waals surface area contributed by atoms with Crippen molar-refractivity contribution in [2.45, 2.75) is 32.7 Å². The number of nitrogens with two attached hydrogens (primary N) is 1. The van der Waals surface area contributed by atoms with Gasteiger partial charge in [0.2, 0.25) is 5.91 Å². The van der Waals surface area contributed by atoms with Gasteiger partial charge in [-0.15, -0.1) is 0 Å². The van der Waals surface area contributed by atoms with Crippen molar-refractivity contribution in [2.75, 3.05) is 24.2 Å². The largest absolute Gasteiger partial charge is 0.397 e. The Balaban J connectivity index is 2.59. The first kappa shape index (κ1) is 15.8. The summed E-state index contributed by atoms with van der Waals surface area (Å²) in [5.41, 5.74) is 7.46. The second kappa shape index (κ2) is 7.38. The molecule has 1 amide bonds. The van der Waals surface area contributed by atoms with E-state index in [9.17, 15) is 4.79 Å². The lowest BCUT2D eigenvalue weighted by atomic mass is 10.2. The topological polar surface area (TPSA) is 58.4 Å². The number of likely N-dealkylation sites (N-methyl/N-ethyl adjacent to an activating group) is 1. The number of halogens is 1. The molecule has 106 valence electrons. The van der Waals surface area contributed by atoms with Crippen LogP contribution in [0.2, 0.25) is 0 Å². The maximum Gasteiger partial charge on any atom is 0.239 e. The predicted octanol–water partition coefficient (Wildman–Crippen LogP) is 2.77. The summed E-state index contributed by atoms with van der Waals surface area (Å²) in [6.45, 7) is 4.44. The lowest BCUT2D eigenvalue weighted by molar-refractivity contribution is -0.120. The molecule has 0 aliphatic heterocycles. The third-order valence-electron chi connectivity index (χ3n) is 2.91. The Kier molecular flexibility index (Phi) is 6.15. The Morgan fingerprint density at radius 1 is 1.53 bits per heavy atom. The van der Waals surface area contributed by atoms with Crippen LogP contribution in [-0.4, -0.2) is 25.5 Å². The van der Waals surface area contributed by atoms with E-state index in [-0.39, 0.29) is 11.9 Å². The third-order valence-corrected chi connectivity index (χ3v) is 3.40. The summed E-state index contributed by atoms with van der Waals surface area (Å²) in [5.74, 6) is 0.0192. The van der Waals surface area contributed by atoms with Crippen molar-refractivity contribution in [3.8, 4) is 0 Å². The lowest BCUT2D eigenvalue weighted by Gasteiger charge is -2.22. The van der Waals surface area contributed by atoms with E-state index in [1.165, 1.54) is 0 Å². The van der Waals surface area contributed by atoms with Crippen LogP contribution in [0.5, 0.6) is 0 Å². The van der Waals surface area contributed by atoms with Gasteiger partial charge in [0.15, 0.2) is 0 Å². The molecule has 0 spiro atoms. The third kappa shape index (κ3) is 5.11. The molecular formula is C14H22BrN3O. The average Bonchev–Trinajstić information content (AvgIpc) is 2.28. The van der Waals surface area contributed by atoms with Crippen LogP contribution in [-0.2, 0) is 4.79 Å². The molecule has 0 radical (unpaired) electrons. The molecule has 1 rings (SSSR count). The fraction of sp³-hybridized carbons (Fsp3) is 0.500. The van der Waals surface area contributed by atoms with E-state index < -0.39 is 0 Å². The van der Waals surface area contributed by atoms with Gasteiger partial charge in [-0.2, -0.15) is 0 Å². The minimum Gasteiger partial charge on any atom is -0.397 e. The Bertz CT molecular complexity index is 437. The SMILES string of the molecule is CCCC(C)NC(=O)CN(C)c1ccc(Br)cc1N. The maximum atomic E-state index is 11.9. The highest BCUT2D eigenvalue weighted by Crippen LogP contribution is 2.25. The normalized spacial score (nSPS) is 12.0. The fourth-order valence-corrected chi connectivity index (χ4v) is 2.38. The van der Waals surface area contributed by atoms with Crippen LogP contribution in [0.15, 0.2) is 22.7 Å². The summed E-state index contributed by atoms with van der Waals surface area (Å²) in [6, 6.07) is 5.87. The molecular weight excluding hydrogens is 306 g/mol. The molecule has 0 saturated heterocycles. The van der Waals surface area contributed by atoms with E-state index in [1.807, 2.05) is 37.1 Å². The average molecular weight is 328 g/mol. The summed E-state index contributed by atoms with van der Waals surface area (Å²) < 4.78 is 0.933. The van der Waals surface area contributed by atoms with E-state index in [0.717, 1.165) is 23.0 Å². The van der Waals surface area contributed by atoms with Crippen LogP contribution in [0.1, 0.15) is 26.7 Å². The fourth-order valence-electron chi connectivity index (χ4n) is 2.00. The summed E-state index contributed by atoms with van der Waals surface area (Å²) in [5, 5.41) is 2.98. The van der Waals surface area contributed by atoms with Gasteiger partial charge in [0.25, 0.3) is 0 Å². The minimum atomic E-state index is 0.0192. The molecule has 0 aromatic heterocycles. The molecule has 1 unspecified atom stereocenters. The quantitative estimate of drug-likeness (QED) is 0.790. The first-order chi connectivity index (χ1) is 8.93. The van der Waals surface area contributed by atoms with Gasteiger partial charge in [-0.25, -0.2) is 0 Å². The number of amides is 1. The molecule has 0 saturated carbocycles. The second-order valence-electron chi connectivity index (χ2n) is 4.82. The number of nitrogens with zero attached hydrogens (tertiary/aromatic N) is 1. The molecule has 0 fully saturated rings. The summed E-state index contributed by atoms with van der Waals surface area (Å²) in [6.07, 6.45) is 2.06. The second-order valence-corrected chi connectivity index (χ2v) is 5.73. The van der Waals surface area contributed by atoms with Gasteiger partial charge in [0.05, 0.1) is 17.9 Å². The van der Waals surface area contributed by atoms with Crippen molar-refractivity contribution < 1.29 is 4.79 Å². The van der Waals surface area contributed by atoms with E-state index >= 15 is 0 Å². The van der Waals surface area contributed by atoms with Gasteiger partial charge in [0.1, 0.15) is 0 Å². The Labute approximate surface area is 123 Å². The number of hydrogen-bond donors (Lipinski definition) is 2. The monoisotopic (exact) mass is 327 g/mol. The van der Waals surface area contributed by atoms with Crippen molar-refractivity contribution in [3.05, 3.63) is 22.7 Å². The minimum absolute atomic E-state index is 0.0192. The molecule has 0 heterocycles. The van der Waals surface area contributed by atoms with Crippen molar-refractivity contribution in [2.24, 2.45) is 0 Å². The Morgan fingerprint density at radius 2 is 2.21 bits per heavy atom. The van der Waals surface area contributed by atoms with Crippen LogP contribution < -0.4 is 16.0 Å². The highest BCUT2D eigenvalue weighted by molar-refractivity contribution is 9.10. The molecule has 5 heteroatoms. The molecule has 1 aromatic rings. The molecule has 19 heavy (non-hydrogen) atoms. The van der Waals surface area contributed by atoms with E-state index in [2.05, 4.69) is 28.2 Å². The number of rotatable bonds is 6. The first-order valence-electron chi connectivity index (χ1n) is 6.49. The smallest absolute Gasteiger partial charge is 0.239 e. The van der Waals surface area contributed by atoms with Crippen LogP contribution in [0, 0.1) is 0 Å². The maximum absolute atomic E-state index is 11.9. The lowest BCUT2D eigenvalue weighted by Crippen LogP contribution is -2.39. The van der Waals surface area contributed by atoms with Crippen LogP contribution in [0.4, 0.5) is 11.4 Å². The van der Waals surface area contributed by atoms with Crippen LogP contribution >= 0.6 is 15.9 Å². The highest BCUT2D eigenvalue weighted by atomic mass is 79.9. The number of anilines is 2. The summed E-state index contributed by atoms with van der Waals surface area (Å²) >= 11 is 3.37. The first-order valence-corrected chi connectivity index (χ1v) is 7.28. The van der Waals surface area contributed by atoms with Gasteiger partial charge >= 0.3 is 0 Å². The van der Waals surface area contributed by atoms with Gasteiger partial charge in [-0.05, 0) is 31.5 Å². The molecule has 1 aromatic carbocycles. The Morgan fingerprint density at radius 3 is 2.79 bits per heavy atom.